The third-order valence-electron chi connectivity index (χ3n) is 2.65. The molecule has 0 unspecified atom stereocenters. The van der Waals surface area contributed by atoms with Crippen molar-refractivity contribution >= 4 is 11.6 Å². The van der Waals surface area contributed by atoms with Crippen molar-refractivity contribution in [1.82, 2.24) is 15.0 Å². The Balaban J connectivity index is 2.17. The van der Waals surface area contributed by atoms with E-state index in [0.717, 1.165) is 22.9 Å². The molecule has 0 bridgehead atoms. The first-order valence-corrected chi connectivity index (χ1v) is 6.06. The highest BCUT2D eigenvalue weighted by Gasteiger charge is 2.04. The van der Waals surface area contributed by atoms with Crippen molar-refractivity contribution in [2.24, 2.45) is 0 Å². The fourth-order valence-electron chi connectivity index (χ4n) is 1.58. The molecule has 0 aliphatic heterocycles. The molecule has 0 saturated heterocycles. The quantitative estimate of drug-likeness (QED) is 0.752. The van der Waals surface area contributed by atoms with E-state index in [1.54, 1.807) is 6.20 Å². The monoisotopic (exact) mass is 259 g/mol. The maximum absolute atomic E-state index is 8.97. The molecule has 0 fully saturated rings. The summed E-state index contributed by atoms with van der Waals surface area (Å²) in [7, 11) is 1.81. The molecule has 3 N–H and O–H groups in total. The predicted molar refractivity (Wildman–Crippen MR) is 75.0 cm³/mol. The van der Waals surface area contributed by atoms with Gasteiger partial charge in [0.1, 0.15) is 18.0 Å². The van der Waals surface area contributed by atoms with Crippen molar-refractivity contribution in [2.75, 3.05) is 24.3 Å². The Kier molecular flexibility index (Phi) is 4.25. The molecule has 0 radical (unpaired) electrons. The number of aromatic nitrogens is 3. The van der Waals surface area contributed by atoms with Gasteiger partial charge in [0.2, 0.25) is 0 Å². The highest BCUT2D eigenvalue weighted by atomic mass is 16.3. The Morgan fingerprint density at radius 2 is 2.05 bits per heavy atom. The summed E-state index contributed by atoms with van der Waals surface area (Å²) < 4.78 is 0. The normalized spacial score (nSPS) is 11.9. The molecule has 19 heavy (non-hydrogen) atoms. The van der Waals surface area contributed by atoms with Crippen LogP contribution in [0, 0.1) is 0 Å². The van der Waals surface area contributed by atoms with Crippen LogP contribution in [0.1, 0.15) is 6.92 Å². The standard InChI is InChI=1S/C13H17N5O/c1-9(7-19)18-12-4-3-10(6-15-12)11-5-13(14-2)17-8-16-11/h3-6,8-9,19H,7H2,1-2H3,(H,15,18)(H,14,16,17)/t9-/m0/s1. The van der Waals surface area contributed by atoms with Crippen molar-refractivity contribution in [3.05, 3.63) is 30.7 Å². The summed E-state index contributed by atoms with van der Waals surface area (Å²) in [5.74, 6) is 1.49. The van der Waals surface area contributed by atoms with Crippen molar-refractivity contribution in [3.8, 4) is 11.3 Å². The molecule has 0 amide bonds. The van der Waals surface area contributed by atoms with E-state index in [4.69, 9.17) is 5.11 Å². The van der Waals surface area contributed by atoms with Gasteiger partial charge in [-0.05, 0) is 19.1 Å². The summed E-state index contributed by atoms with van der Waals surface area (Å²) in [6.07, 6.45) is 3.26. The Labute approximate surface area is 112 Å². The molecule has 6 heteroatoms. The Bertz CT molecular complexity index is 529. The lowest BCUT2D eigenvalue weighted by Crippen LogP contribution is -2.19. The summed E-state index contributed by atoms with van der Waals surface area (Å²) in [4.78, 5) is 12.6. The lowest BCUT2D eigenvalue weighted by molar-refractivity contribution is 0.281. The molecule has 0 aliphatic rings. The minimum absolute atomic E-state index is 0.0201. The van der Waals surface area contributed by atoms with Crippen LogP contribution < -0.4 is 10.6 Å². The van der Waals surface area contributed by atoms with Crippen LogP contribution >= 0.6 is 0 Å². The van der Waals surface area contributed by atoms with E-state index in [2.05, 4.69) is 25.6 Å². The van der Waals surface area contributed by atoms with E-state index in [-0.39, 0.29) is 12.6 Å². The van der Waals surface area contributed by atoms with Gasteiger partial charge in [-0.15, -0.1) is 0 Å². The van der Waals surface area contributed by atoms with Gasteiger partial charge in [0.05, 0.1) is 12.3 Å². The van der Waals surface area contributed by atoms with E-state index in [1.807, 2.05) is 32.2 Å². The molecule has 0 saturated carbocycles. The van der Waals surface area contributed by atoms with Crippen molar-refractivity contribution in [3.63, 3.8) is 0 Å². The van der Waals surface area contributed by atoms with Crippen LogP contribution in [0.15, 0.2) is 30.7 Å². The molecular formula is C13H17N5O. The first-order valence-electron chi connectivity index (χ1n) is 6.06. The Morgan fingerprint density at radius 3 is 2.68 bits per heavy atom. The molecule has 2 aromatic heterocycles. The van der Waals surface area contributed by atoms with Crippen LogP contribution in [0.4, 0.5) is 11.6 Å². The smallest absolute Gasteiger partial charge is 0.129 e. The summed E-state index contributed by atoms with van der Waals surface area (Å²) >= 11 is 0. The largest absolute Gasteiger partial charge is 0.394 e. The van der Waals surface area contributed by atoms with Crippen LogP contribution in [0.3, 0.4) is 0 Å². The second kappa shape index (κ2) is 6.10. The minimum Gasteiger partial charge on any atom is -0.394 e. The average Bonchev–Trinajstić information content (AvgIpc) is 2.48. The van der Waals surface area contributed by atoms with Gasteiger partial charge >= 0.3 is 0 Å². The van der Waals surface area contributed by atoms with Crippen molar-refractivity contribution in [1.29, 1.82) is 0 Å². The van der Waals surface area contributed by atoms with Gasteiger partial charge in [0.15, 0.2) is 0 Å². The molecule has 0 spiro atoms. The summed E-state index contributed by atoms with van der Waals surface area (Å²) in [6.45, 7) is 1.96. The second-order valence-corrected chi connectivity index (χ2v) is 4.20. The third kappa shape index (κ3) is 3.38. The van der Waals surface area contributed by atoms with E-state index in [1.165, 1.54) is 6.33 Å². The molecule has 0 aromatic carbocycles. The Morgan fingerprint density at radius 1 is 1.21 bits per heavy atom. The van der Waals surface area contributed by atoms with Crippen LogP contribution in [-0.4, -0.2) is 39.8 Å². The fourth-order valence-corrected chi connectivity index (χ4v) is 1.58. The molecular weight excluding hydrogens is 242 g/mol. The zero-order chi connectivity index (χ0) is 13.7. The van der Waals surface area contributed by atoms with E-state index in [9.17, 15) is 0 Å². The minimum atomic E-state index is -0.0201. The van der Waals surface area contributed by atoms with E-state index < -0.39 is 0 Å². The number of rotatable bonds is 5. The van der Waals surface area contributed by atoms with Crippen LogP contribution in [0.25, 0.3) is 11.3 Å². The van der Waals surface area contributed by atoms with Gasteiger partial charge in [0.25, 0.3) is 0 Å². The van der Waals surface area contributed by atoms with E-state index in [0.29, 0.717) is 0 Å². The first-order chi connectivity index (χ1) is 9.22. The average molecular weight is 259 g/mol. The summed E-state index contributed by atoms with van der Waals surface area (Å²) in [5, 5.41) is 15.0. The van der Waals surface area contributed by atoms with Crippen molar-refractivity contribution < 1.29 is 5.11 Å². The van der Waals surface area contributed by atoms with Gasteiger partial charge < -0.3 is 15.7 Å². The maximum atomic E-state index is 8.97. The number of nitrogens with zero attached hydrogens (tertiary/aromatic N) is 3. The van der Waals surface area contributed by atoms with Gasteiger partial charge in [-0.25, -0.2) is 15.0 Å². The summed E-state index contributed by atoms with van der Waals surface area (Å²) in [5.41, 5.74) is 1.73. The molecule has 0 aliphatic carbocycles. The van der Waals surface area contributed by atoms with Gasteiger partial charge in [-0.1, -0.05) is 0 Å². The summed E-state index contributed by atoms with van der Waals surface area (Å²) in [6, 6.07) is 5.64. The molecule has 6 nitrogen and oxygen atoms in total. The van der Waals surface area contributed by atoms with Gasteiger partial charge in [-0.2, -0.15) is 0 Å². The molecule has 2 rings (SSSR count). The number of pyridine rings is 1. The maximum Gasteiger partial charge on any atom is 0.129 e. The lowest BCUT2D eigenvalue weighted by Gasteiger charge is -2.11. The van der Waals surface area contributed by atoms with Gasteiger partial charge in [0, 0.05) is 30.9 Å². The topological polar surface area (TPSA) is 83.0 Å². The molecule has 2 heterocycles. The number of anilines is 2. The highest BCUT2D eigenvalue weighted by Crippen LogP contribution is 2.19. The Hall–Kier alpha value is -2.21. The fraction of sp³-hybridized carbons (Fsp3) is 0.308. The number of aliphatic hydroxyl groups is 1. The number of aliphatic hydroxyl groups excluding tert-OH is 1. The van der Waals surface area contributed by atoms with Crippen LogP contribution in [0.5, 0.6) is 0 Å². The second-order valence-electron chi connectivity index (χ2n) is 4.20. The molecule has 100 valence electrons. The molecule has 2 aromatic rings. The van der Waals surface area contributed by atoms with Crippen LogP contribution in [0.2, 0.25) is 0 Å². The van der Waals surface area contributed by atoms with Crippen molar-refractivity contribution in [2.45, 2.75) is 13.0 Å². The van der Waals surface area contributed by atoms with Gasteiger partial charge in [-0.3, -0.25) is 0 Å². The number of nitrogens with one attached hydrogen (secondary N) is 2. The lowest BCUT2D eigenvalue weighted by atomic mass is 10.2. The number of hydrogen-bond donors (Lipinski definition) is 3. The van der Waals surface area contributed by atoms with Crippen LogP contribution in [-0.2, 0) is 0 Å². The SMILES string of the molecule is CNc1cc(-c2ccc(N[C@@H](C)CO)nc2)ncn1. The third-order valence-corrected chi connectivity index (χ3v) is 2.65. The zero-order valence-electron chi connectivity index (χ0n) is 11.0. The number of hydrogen-bond acceptors (Lipinski definition) is 6. The van der Waals surface area contributed by atoms with E-state index >= 15 is 0 Å². The zero-order valence-corrected chi connectivity index (χ0v) is 11.0. The predicted octanol–water partition coefficient (Wildman–Crippen LogP) is 1.37. The molecule has 1 atom stereocenters. The first kappa shape index (κ1) is 13.2. The highest BCUT2D eigenvalue weighted by molar-refractivity contribution is 5.62.